The monoisotopic (exact) mass is 443 g/mol. The molecule has 0 saturated heterocycles. The summed E-state index contributed by atoms with van der Waals surface area (Å²) in [6.07, 6.45) is 6.49. The highest BCUT2D eigenvalue weighted by Gasteiger charge is 2.27. The van der Waals surface area contributed by atoms with Crippen molar-refractivity contribution in [2.75, 3.05) is 5.32 Å². The first-order chi connectivity index (χ1) is 16.0. The number of aromatic nitrogens is 5. The first-order valence-corrected chi connectivity index (χ1v) is 11.3. The van der Waals surface area contributed by atoms with Crippen LogP contribution in [0.25, 0.3) is 10.9 Å². The molecule has 1 aliphatic heterocycles. The van der Waals surface area contributed by atoms with Gasteiger partial charge in [-0.2, -0.15) is 5.10 Å². The Morgan fingerprint density at radius 2 is 2.09 bits per heavy atom. The number of carbonyl (C=O) groups excluding carboxylic acids is 1. The van der Waals surface area contributed by atoms with E-state index in [4.69, 9.17) is 4.74 Å². The maximum atomic E-state index is 12.9. The number of hydrogen-bond acceptors (Lipinski definition) is 6. The summed E-state index contributed by atoms with van der Waals surface area (Å²) in [6, 6.07) is 9.63. The van der Waals surface area contributed by atoms with Gasteiger partial charge in [0.05, 0.1) is 11.2 Å². The molecule has 2 aliphatic rings. The number of fused-ring (bicyclic) bond motifs is 2. The average molecular weight is 444 g/mol. The van der Waals surface area contributed by atoms with Crippen LogP contribution < -0.4 is 15.4 Å². The number of nitrogens with zero attached hydrogens (tertiary/aromatic N) is 5. The lowest BCUT2D eigenvalue weighted by Crippen LogP contribution is -2.33. The Morgan fingerprint density at radius 3 is 2.94 bits per heavy atom. The van der Waals surface area contributed by atoms with Gasteiger partial charge in [-0.3, -0.25) is 14.6 Å². The normalized spacial score (nSPS) is 17.7. The van der Waals surface area contributed by atoms with Crippen molar-refractivity contribution in [2.45, 2.75) is 44.7 Å². The molecule has 1 aliphatic carbocycles. The third-order valence-electron chi connectivity index (χ3n) is 6.37. The van der Waals surface area contributed by atoms with Crippen LogP contribution >= 0.6 is 0 Å². The van der Waals surface area contributed by atoms with Crippen molar-refractivity contribution in [2.24, 2.45) is 7.05 Å². The fourth-order valence-electron chi connectivity index (χ4n) is 4.47. The molecule has 1 amide bonds. The van der Waals surface area contributed by atoms with Crippen molar-refractivity contribution in [3.63, 3.8) is 0 Å². The van der Waals surface area contributed by atoms with Gasteiger partial charge in [-0.1, -0.05) is 0 Å². The molecule has 9 heteroatoms. The number of ether oxygens (including phenoxy) is 1. The lowest BCUT2D eigenvalue weighted by atomic mass is 10.0. The maximum Gasteiger partial charge on any atom is 0.331 e. The maximum absolute atomic E-state index is 12.9. The van der Waals surface area contributed by atoms with Crippen LogP contribution in [-0.2, 0) is 20.0 Å². The van der Waals surface area contributed by atoms with Gasteiger partial charge in [0.2, 0.25) is 5.88 Å². The minimum absolute atomic E-state index is 0.245. The van der Waals surface area contributed by atoms with Gasteiger partial charge in [0.1, 0.15) is 12.1 Å². The molecule has 33 heavy (non-hydrogen) atoms. The molecule has 4 heterocycles. The fraction of sp³-hybridized carbons (Fsp3) is 0.333. The highest BCUT2D eigenvalue weighted by atomic mass is 16.5. The van der Waals surface area contributed by atoms with Crippen LogP contribution in [0, 0.1) is 0 Å². The lowest BCUT2D eigenvalue weighted by molar-refractivity contribution is 0.254. The van der Waals surface area contributed by atoms with Crippen LogP contribution in [0.15, 0.2) is 42.9 Å². The summed E-state index contributed by atoms with van der Waals surface area (Å²) in [6.45, 7) is 2.85. The van der Waals surface area contributed by atoms with Gasteiger partial charge in [0.25, 0.3) is 0 Å². The van der Waals surface area contributed by atoms with E-state index in [-0.39, 0.29) is 6.03 Å². The zero-order chi connectivity index (χ0) is 22.5. The predicted octanol–water partition coefficient (Wildman–Crippen LogP) is 3.95. The molecule has 2 N–H and O–H groups in total. The number of benzene rings is 1. The molecule has 6 rings (SSSR count). The topological polar surface area (TPSA) is 98.9 Å². The zero-order valence-electron chi connectivity index (χ0n) is 18.6. The summed E-state index contributed by atoms with van der Waals surface area (Å²) < 4.78 is 9.58. The first-order valence-electron chi connectivity index (χ1n) is 11.3. The fourth-order valence-corrected chi connectivity index (χ4v) is 4.47. The summed E-state index contributed by atoms with van der Waals surface area (Å²) in [7, 11) is 1.92. The number of amides is 1. The van der Waals surface area contributed by atoms with Gasteiger partial charge in [0.15, 0.2) is 5.82 Å². The second-order valence-electron chi connectivity index (χ2n) is 8.88. The van der Waals surface area contributed by atoms with Gasteiger partial charge in [0, 0.05) is 54.5 Å². The molecule has 1 aromatic carbocycles. The number of carbonyl (C=O) groups is 1. The minimum Gasteiger partial charge on any atom is -0.439 e. The summed E-state index contributed by atoms with van der Waals surface area (Å²) in [4.78, 5) is 21.7. The van der Waals surface area contributed by atoms with Crippen LogP contribution in [0.5, 0.6) is 11.6 Å². The van der Waals surface area contributed by atoms with Crippen LogP contribution in [0.2, 0.25) is 0 Å². The van der Waals surface area contributed by atoms with Crippen molar-refractivity contribution < 1.29 is 9.53 Å². The van der Waals surface area contributed by atoms with E-state index in [0.717, 1.165) is 28.6 Å². The van der Waals surface area contributed by atoms with E-state index in [1.54, 1.807) is 10.8 Å². The Balaban J connectivity index is 1.23. The Hall–Kier alpha value is -3.72. The smallest absolute Gasteiger partial charge is 0.331 e. The summed E-state index contributed by atoms with van der Waals surface area (Å²) in [5.41, 5.74) is 3.98. The molecule has 1 saturated carbocycles. The number of aryl methyl sites for hydroxylation is 1. The Bertz CT molecular complexity index is 1370. The quantitative estimate of drug-likeness (QED) is 0.496. The van der Waals surface area contributed by atoms with E-state index in [1.165, 1.54) is 24.9 Å². The summed E-state index contributed by atoms with van der Waals surface area (Å²) >= 11 is 0. The van der Waals surface area contributed by atoms with Crippen molar-refractivity contribution >= 4 is 22.8 Å². The van der Waals surface area contributed by atoms with Crippen LogP contribution in [0.1, 0.15) is 42.6 Å². The first kappa shape index (κ1) is 19.9. The molecule has 0 radical (unpaired) electrons. The van der Waals surface area contributed by atoms with E-state index >= 15 is 0 Å². The zero-order valence-corrected chi connectivity index (χ0v) is 18.6. The van der Waals surface area contributed by atoms with Gasteiger partial charge < -0.3 is 10.1 Å². The molecule has 1 atom stereocenters. The minimum atomic E-state index is -0.245. The highest BCUT2D eigenvalue weighted by molar-refractivity contribution is 5.98. The molecule has 4 aromatic rings. The van der Waals surface area contributed by atoms with E-state index in [1.807, 2.05) is 42.1 Å². The average Bonchev–Trinajstić information content (AvgIpc) is 3.45. The predicted molar refractivity (Wildman–Crippen MR) is 124 cm³/mol. The second kappa shape index (κ2) is 7.70. The van der Waals surface area contributed by atoms with Crippen LogP contribution in [0.4, 0.5) is 10.6 Å². The third-order valence-corrected chi connectivity index (χ3v) is 6.37. The standard InChI is InChI=1S/C24H25N7O2/c1-14-9-18-19(12-25-14)26-13-27-23(18)33-17-5-6-20-16(10-17)7-8-31(20)24(32)28-22-11-21(15-3-4-15)30(2)29-22/h5-8,10-11,13-15,25H,3-4,9,12H2,1-2H3,(H,28,29,32)/t14-/m0/s1. The van der Waals surface area contributed by atoms with E-state index in [9.17, 15) is 4.79 Å². The Kier molecular flexibility index (Phi) is 4.65. The largest absolute Gasteiger partial charge is 0.439 e. The molecular formula is C24H25N7O2. The SMILES string of the molecule is C[C@H]1Cc2c(ncnc2Oc2ccc3c(ccn3C(=O)Nc3cc(C4CC4)n(C)n3)c2)CN1. The second-order valence-corrected chi connectivity index (χ2v) is 8.88. The van der Waals surface area contributed by atoms with Gasteiger partial charge >= 0.3 is 6.03 Å². The summed E-state index contributed by atoms with van der Waals surface area (Å²) in [5, 5.41) is 11.7. The third kappa shape index (κ3) is 3.74. The molecule has 3 aromatic heterocycles. The van der Waals surface area contributed by atoms with Gasteiger partial charge in [-0.15, -0.1) is 0 Å². The number of anilines is 1. The molecule has 0 bridgehead atoms. The molecule has 0 unspecified atom stereocenters. The number of hydrogen-bond donors (Lipinski definition) is 2. The van der Waals surface area contributed by atoms with Crippen molar-refractivity contribution in [3.05, 3.63) is 59.8 Å². The van der Waals surface area contributed by atoms with Gasteiger partial charge in [-0.25, -0.2) is 14.8 Å². The highest BCUT2D eigenvalue weighted by Crippen LogP contribution is 2.40. The van der Waals surface area contributed by atoms with Crippen molar-refractivity contribution in [1.82, 2.24) is 29.6 Å². The Morgan fingerprint density at radius 1 is 1.21 bits per heavy atom. The van der Waals surface area contributed by atoms with Crippen LogP contribution in [-0.4, -0.2) is 36.4 Å². The number of rotatable bonds is 4. The summed E-state index contributed by atoms with van der Waals surface area (Å²) in [5.74, 6) is 2.40. The molecule has 9 nitrogen and oxygen atoms in total. The van der Waals surface area contributed by atoms with E-state index < -0.39 is 0 Å². The van der Waals surface area contributed by atoms with Crippen LogP contribution in [0.3, 0.4) is 0 Å². The molecule has 0 spiro atoms. The van der Waals surface area contributed by atoms with Crippen molar-refractivity contribution in [1.29, 1.82) is 0 Å². The van der Waals surface area contributed by atoms with Gasteiger partial charge in [-0.05, 0) is 50.5 Å². The van der Waals surface area contributed by atoms with Crippen molar-refractivity contribution in [3.8, 4) is 11.6 Å². The van der Waals surface area contributed by atoms with E-state index in [2.05, 4.69) is 32.6 Å². The Labute approximate surface area is 190 Å². The van der Waals surface area contributed by atoms with E-state index in [0.29, 0.717) is 36.0 Å². The number of nitrogens with one attached hydrogen (secondary N) is 2. The lowest BCUT2D eigenvalue weighted by Gasteiger charge is -2.23. The molecule has 1 fully saturated rings. The molecule has 168 valence electrons. The molecular weight excluding hydrogens is 418 g/mol.